The number of likely N-dealkylation sites (N-methyl/N-ethyl adjacent to an activating group) is 1. The summed E-state index contributed by atoms with van der Waals surface area (Å²) in [5.41, 5.74) is 7.31. The van der Waals surface area contributed by atoms with E-state index in [0.717, 1.165) is 43.2 Å². The standard InChI is InChI=1S/C15H24ClN3/c1-2-18-9-11-19(12-10-18)8-7-15(17)13-5-3-4-6-14(13)16/h3-6,15H,2,7-12,17H2,1H3. The first kappa shape index (κ1) is 14.8. The largest absolute Gasteiger partial charge is 0.324 e. The van der Waals surface area contributed by atoms with Crippen LogP contribution < -0.4 is 5.73 Å². The summed E-state index contributed by atoms with van der Waals surface area (Å²) >= 11 is 6.18. The number of hydrogen-bond donors (Lipinski definition) is 1. The molecule has 1 unspecified atom stereocenters. The molecule has 0 saturated carbocycles. The van der Waals surface area contributed by atoms with Gasteiger partial charge in [0.15, 0.2) is 0 Å². The Balaban J connectivity index is 1.78. The van der Waals surface area contributed by atoms with Gasteiger partial charge in [0.25, 0.3) is 0 Å². The van der Waals surface area contributed by atoms with Crippen LogP contribution in [0.15, 0.2) is 24.3 Å². The zero-order valence-corrected chi connectivity index (χ0v) is 12.4. The van der Waals surface area contributed by atoms with Crippen molar-refractivity contribution in [2.75, 3.05) is 39.3 Å². The van der Waals surface area contributed by atoms with Crippen LogP contribution in [-0.2, 0) is 0 Å². The van der Waals surface area contributed by atoms with E-state index in [2.05, 4.69) is 16.7 Å². The Labute approximate surface area is 121 Å². The summed E-state index contributed by atoms with van der Waals surface area (Å²) in [6.45, 7) is 9.11. The summed E-state index contributed by atoms with van der Waals surface area (Å²) in [6.07, 6.45) is 0.968. The number of hydrogen-bond acceptors (Lipinski definition) is 3. The van der Waals surface area contributed by atoms with Gasteiger partial charge in [-0.25, -0.2) is 0 Å². The summed E-state index contributed by atoms with van der Waals surface area (Å²) in [7, 11) is 0. The molecule has 0 spiro atoms. The Morgan fingerprint density at radius 1 is 1.16 bits per heavy atom. The van der Waals surface area contributed by atoms with Gasteiger partial charge in [0.2, 0.25) is 0 Å². The average Bonchev–Trinajstić information content (AvgIpc) is 2.46. The Hall–Kier alpha value is -0.610. The number of halogens is 1. The van der Waals surface area contributed by atoms with Crippen LogP contribution >= 0.6 is 11.6 Å². The van der Waals surface area contributed by atoms with Gasteiger partial charge < -0.3 is 15.5 Å². The quantitative estimate of drug-likeness (QED) is 0.899. The third kappa shape index (κ3) is 4.18. The first-order chi connectivity index (χ1) is 9.20. The predicted molar refractivity (Wildman–Crippen MR) is 81.6 cm³/mol. The molecule has 1 atom stereocenters. The number of nitrogens with two attached hydrogens (primary N) is 1. The van der Waals surface area contributed by atoms with Crippen LogP contribution in [0.1, 0.15) is 24.9 Å². The molecule has 1 aliphatic rings. The minimum atomic E-state index is 0.0397. The third-order valence-electron chi connectivity index (χ3n) is 3.97. The SMILES string of the molecule is CCN1CCN(CCC(N)c2ccccc2Cl)CC1. The Bertz CT molecular complexity index is 389. The molecule has 0 aromatic heterocycles. The van der Waals surface area contributed by atoms with E-state index in [9.17, 15) is 0 Å². The van der Waals surface area contributed by atoms with Crippen molar-refractivity contribution in [2.45, 2.75) is 19.4 Å². The molecule has 0 aliphatic carbocycles. The van der Waals surface area contributed by atoms with Crippen LogP contribution in [0.5, 0.6) is 0 Å². The van der Waals surface area contributed by atoms with Crippen molar-refractivity contribution < 1.29 is 0 Å². The maximum atomic E-state index is 6.24. The van der Waals surface area contributed by atoms with Crippen molar-refractivity contribution in [3.63, 3.8) is 0 Å². The van der Waals surface area contributed by atoms with E-state index >= 15 is 0 Å². The molecule has 1 fully saturated rings. The molecule has 0 amide bonds. The number of benzene rings is 1. The molecular weight excluding hydrogens is 258 g/mol. The molecule has 1 aliphatic heterocycles. The minimum Gasteiger partial charge on any atom is -0.324 e. The highest BCUT2D eigenvalue weighted by atomic mass is 35.5. The van der Waals surface area contributed by atoms with Crippen molar-refractivity contribution in [3.8, 4) is 0 Å². The first-order valence-electron chi connectivity index (χ1n) is 7.15. The lowest BCUT2D eigenvalue weighted by molar-refractivity contribution is 0.134. The van der Waals surface area contributed by atoms with Gasteiger partial charge in [0, 0.05) is 43.8 Å². The minimum absolute atomic E-state index is 0.0397. The second-order valence-electron chi connectivity index (χ2n) is 5.19. The van der Waals surface area contributed by atoms with Gasteiger partial charge in [0.1, 0.15) is 0 Å². The van der Waals surface area contributed by atoms with Gasteiger partial charge in [-0.05, 0) is 24.6 Å². The molecule has 2 rings (SSSR count). The van der Waals surface area contributed by atoms with Gasteiger partial charge in [0.05, 0.1) is 0 Å². The molecule has 1 aromatic rings. The lowest BCUT2D eigenvalue weighted by Crippen LogP contribution is -2.46. The molecule has 0 bridgehead atoms. The fraction of sp³-hybridized carbons (Fsp3) is 0.600. The first-order valence-corrected chi connectivity index (χ1v) is 7.53. The molecule has 2 N–H and O–H groups in total. The Kier molecular flexibility index (Phi) is 5.64. The number of nitrogens with zero attached hydrogens (tertiary/aromatic N) is 2. The zero-order chi connectivity index (χ0) is 13.7. The molecule has 0 radical (unpaired) electrons. The van der Waals surface area contributed by atoms with Crippen molar-refractivity contribution >= 4 is 11.6 Å². The van der Waals surface area contributed by atoms with Gasteiger partial charge >= 0.3 is 0 Å². The third-order valence-corrected chi connectivity index (χ3v) is 4.32. The van der Waals surface area contributed by atoms with Crippen molar-refractivity contribution in [1.82, 2.24) is 9.80 Å². The molecular formula is C15H24ClN3. The topological polar surface area (TPSA) is 32.5 Å². The molecule has 1 heterocycles. The van der Waals surface area contributed by atoms with E-state index in [1.54, 1.807) is 0 Å². The van der Waals surface area contributed by atoms with Gasteiger partial charge in [-0.2, -0.15) is 0 Å². The normalized spacial score (nSPS) is 19.5. The smallest absolute Gasteiger partial charge is 0.0453 e. The molecule has 3 nitrogen and oxygen atoms in total. The van der Waals surface area contributed by atoms with E-state index in [1.807, 2.05) is 24.3 Å². The molecule has 1 saturated heterocycles. The summed E-state index contributed by atoms with van der Waals surface area (Å²) in [5, 5.41) is 0.783. The van der Waals surface area contributed by atoms with Crippen LogP contribution in [0.25, 0.3) is 0 Å². The molecule has 106 valence electrons. The molecule has 19 heavy (non-hydrogen) atoms. The molecule has 1 aromatic carbocycles. The van der Waals surface area contributed by atoms with E-state index in [0.29, 0.717) is 0 Å². The maximum Gasteiger partial charge on any atom is 0.0453 e. The van der Waals surface area contributed by atoms with Crippen molar-refractivity contribution in [3.05, 3.63) is 34.9 Å². The summed E-state index contributed by atoms with van der Waals surface area (Å²) < 4.78 is 0. The second-order valence-corrected chi connectivity index (χ2v) is 5.60. The predicted octanol–water partition coefficient (Wildman–Crippen LogP) is 2.37. The van der Waals surface area contributed by atoms with Gasteiger partial charge in [-0.3, -0.25) is 0 Å². The average molecular weight is 282 g/mol. The van der Waals surface area contributed by atoms with Crippen molar-refractivity contribution in [1.29, 1.82) is 0 Å². The highest BCUT2D eigenvalue weighted by Gasteiger charge is 2.17. The number of piperazine rings is 1. The monoisotopic (exact) mass is 281 g/mol. The highest BCUT2D eigenvalue weighted by Crippen LogP contribution is 2.23. The lowest BCUT2D eigenvalue weighted by atomic mass is 10.0. The van der Waals surface area contributed by atoms with Gasteiger partial charge in [-0.15, -0.1) is 0 Å². The summed E-state index contributed by atoms with van der Waals surface area (Å²) in [6, 6.07) is 7.93. The van der Waals surface area contributed by atoms with E-state index in [4.69, 9.17) is 17.3 Å². The highest BCUT2D eigenvalue weighted by molar-refractivity contribution is 6.31. The fourth-order valence-electron chi connectivity index (χ4n) is 2.58. The van der Waals surface area contributed by atoms with E-state index in [1.165, 1.54) is 13.1 Å². The summed E-state index contributed by atoms with van der Waals surface area (Å²) in [4.78, 5) is 4.99. The zero-order valence-electron chi connectivity index (χ0n) is 11.7. The summed E-state index contributed by atoms with van der Waals surface area (Å²) in [5.74, 6) is 0. The Morgan fingerprint density at radius 3 is 2.42 bits per heavy atom. The maximum absolute atomic E-state index is 6.24. The fourth-order valence-corrected chi connectivity index (χ4v) is 2.86. The second kappa shape index (κ2) is 7.25. The number of rotatable bonds is 5. The van der Waals surface area contributed by atoms with Crippen LogP contribution in [0.3, 0.4) is 0 Å². The van der Waals surface area contributed by atoms with Crippen molar-refractivity contribution in [2.24, 2.45) is 5.73 Å². The van der Waals surface area contributed by atoms with Gasteiger partial charge in [-0.1, -0.05) is 36.7 Å². The van der Waals surface area contributed by atoms with E-state index < -0.39 is 0 Å². The van der Waals surface area contributed by atoms with Crippen LogP contribution in [-0.4, -0.2) is 49.1 Å². The Morgan fingerprint density at radius 2 is 1.79 bits per heavy atom. The van der Waals surface area contributed by atoms with Crippen LogP contribution in [0.4, 0.5) is 0 Å². The van der Waals surface area contributed by atoms with Crippen LogP contribution in [0.2, 0.25) is 5.02 Å². The molecule has 4 heteroatoms. The van der Waals surface area contributed by atoms with E-state index in [-0.39, 0.29) is 6.04 Å². The van der Waals surface area contributed by atoms with Crippen LogP contribution in [0, 0.1) is 0 Å². The lowest BCUT2D eigenvalue weighted by Gasteiger charge is -2.34.